The average Bonchev–Trinajstić information content (AvgIpc) is 2.01. The van der Waals surface area contributed by atoms with Crippen molar-refractivity contribution in [1.82, 2.24) is 0 Å². The first-order valence-electron chi connectivity index (χ1n) is 3.58. The first-order chi connectivity index (χ1) is 5.63. The molecular formula is C8H10FNOS. The molecule has 0 aliphatic carbocycles. The molecule has 0 heterocycles. The molecule has 0 spiro atoms. The van der Waals surface area contributed by atoms with Crippen molar-refractivity contribution in [1.29, 1.82) is 0 Å². The molecule has 0 fully saturated rings. The Hall–Kier alpha value is -0.900. The minimum Gasteiger partial charge on any atom is -0.399 e. The number of rotatable bonds is 2. The van der Waals surface area contributed by atoms with Crippen molar-refractivity contribution in [3.05, 3.63) is 24.0 Å². The largest absolute Gasteiger partial charge is 0.399 e. The summed E-state index contributed by atoms with van der Waals surface area (Å²) >= 11 is 0. The van der Waals surface area contributed by atoms with Gasteiger partial charge in [0.2, 0.25) is 0 Å². The summed E-state index contributed by atoms with van der Waals surface area (Å²) < 4.78 is 23.9. The molecule has 0 aliphatic heterocycles. The molecule has 0 aromatic heterocycles. The van der Waals surface area contributed by atoms with Crippen LogP contribution in [0.2, 0.25) is 0 Å². The van der Waals surface area contributed by atoms with E-state index < -0.39 is 16.6 Å². The van der Waals surface area contributed by atoms with E-state index in [4.69, 9.17) is 5.73 Å². The molecule has 0 bridgehead atoms. The van der Waals surface area contributed by atoms with Gasteiger partial charge >= 0.3 is 0 Å². The van der Waals surface area contributed by atoms with Gasteiger partial charge in [-0.3, -0.25) is 4.21 Å². The van der Waals surface area contributed by atoms with Crippen molar-refractivity contribution in [2.45, 2.75) is 11.8 Å². The molecule has 12 heavy (non-hydrogen) atoms. The van der Waals surface area contributed by atoms with Crippen LogP contribution in [0.25, 0.3) is 0 Å². The van der Waals surface area contributed by atoms with E-state index in [1.807, 2.05) is 0 Å². The second-order valence-corrected chi connectivity index (χ2v) is 4.09. The Balaban J connectivity index is 3.08. The van der Waals surface area contributed by atoms with Crippen LogP contribution in [0.1, 0.15) is 6.92 Å². The predicted molar refractivity (Wildman–Crippen MR) is 47.8 cm³/mol. The smallest absolute Gasteiger partial charge is 0.126 e. The lowest BCUT2D eigenvalue weighted by atomic mass is 10.3. The monoisotopic (exact) mass is 187 g/mol. The minimum atomic E-state index is -1.13. The second kappa shape index (κ2) is 3.67. The molecule has 0 saturated heterocycles. The summed E-state index contributed by atoms with van der Waals surface area (Å²) in [5.74, 6) is 0.0369. The zero-order valence-corrected chi connectivity index (χ0v) is 7.53. The van der Waals surface area contributed by atoms with Gasteiger partial charge in [0.1, 0.15) is 5.82 Å². The highest BCUT2D eigenvalue weighted by Gasteiger charge is 2.03. The van der Waals surface area contributed by atoms with Crippen molar-refractivity contribution in [3.63, 3.8) is 0 Å². The number of hydrogen-bond acceptors (Lipinski definition) is 2. The minimum absolute atomic E-state index is 0.312. The van der Waals surface area contributed by atoms with E-state index in [1.165, 1.54) is 18.2 Å². The molecule has 1 aromatic carbocycles. The predicted octanol–water partition coefficient (Wildman–Crippen LogP) is 1.54. The highest BCUT2D eigenvalue weighted by Crippen LogP contribution is 2.14. The summed E-state index contributed by atoms with van der Waals surface area (Å²) in [5, 5.41) is 0. The van der Waals surface area contributed by atoms with Crippen LogP contribution in [-0.2, 0) is 10.8 Å². The van der Waals surface area contributed by atoms with E-state index >= 15 is 0 Å². The van der Waals surface area contributed by atoms with Crippen molar-refractivity contribution >= 4 is 16.5 Å². The van der Waals surface area contributed by atoms with Gasteiger partial charge in [-0.15, -0.1) is 0 Å². The fourth-order valence-electron chi connectivity index (χ4n) is 0.883. The van der Waals surface area contributed by atoms with Gasteiger partial charge in [0.05, 0.1) is 10.8 Å². The highest BCUT2D eigenvalue weighted by molar-refractivity contribution is 7.85. The summed E-state index contributed by atoms with van der Waals surface area (Å²) in [6.45, 7) is 1.78. The summed E-state index contributed by atoms with van der Waals surface area (Å²) in [4.78, 5) is 0.454. The maximum Gasteiger partial charge on any atom is 0.126 e. The third kappa shape index (κ3) is 2.04. The maximum atomic E-state index is 12.7. The first kappa shape index (κ1) is 9.19. The Morgan fingerprint density at radius 1 is 1.50 bits per heavy atom. The highest BCUT2D eigenvalue weighted by atomic mass is 32.2. The zero-order chi connectivity index (χ0) is 9.14. The van der Waals surface area contributed by atoms with Crippen molar-refractivity contribution in [2.24, 2.45) is 0 Å². The molecular weight excluding hydrogens is 177 g/mol. The number of nitrogen functional groups attached to an aromatic ring is 1. The summed E-state index contributed by atoms with van der Waals surface area (Å²) in [7, 11) is -1.13. The lowest BCUT2D eigenvalue weighted by Crippen LogP contribution is -1.96. The van der Waals surface area contributed by atoms with Crippen LogP contribution in [0.4, 0.5) is 10.1 Å². The molecule has 1 rings (SSSR count). The third-order valence-corrected chi connectivity index (χ3v) is 2.70. The molecule has 0 amide bonds. The van der Waals surface area contributed by atoms with Crippen molar-refractivity contribution in [3.8, 4) is 0 Å². The maximum absolute atomic E-state index is 12.7. The number of benzene rings is 1. The van der Waals surface area contributed by atoms with E-state index in [9.17, 15) is 8.60 Å². The van der Waals surface area contributed by atoms with Crippen LogP contribution in [0.3, 0.4) is 0 Å². The fraction of sp³-hybridized carbons (Fsp3) is 0.250. The Morgan fingerprint density at radius 3 is 2.67 bits per heavy atom. The molecule has 1 unspecified atom stereocenters. The van der Waals surface area contributed by atoms with E-state index in [1.54, 1.807) is 6.92 Å². The van der Waals surface area contributed by atoms with Crippen molar-refractivity contribution in [2.75, 3.05) is 11.5 Å². The average molecular weight is 187 g/mol. The Bertz CT molecular complexity index is 294. The normalized spacial score (nSPS) is 12.8. The van der Waals surface area contributed by atoms with Crippen LogP contribution in [0, 0.1) is 5.82 Å². The Kier molecular flexibility index (Phi) is 2.81. The molecule has 1 aromatic rings. The van der Waals surface area contributed by atoms with Gasteiger partial charge in [0.15, 0.2) is 0 Å². The van der Waals surface area contributed by atoms with E-state index in [0.29, 0.717) is 16.3 Å². The molecule has 0 aliphatic rings. The van der Waals surface area contributed by atoms with E-state index in [-0.39, 0.29) is 0 Å². The van der Waals surface area contributed by atoms with Crippen LogP contribution >= 0.6 is 0 Å². The van der Waals surface area contributed by atoms with Crippen LogP contribution in [0.5, 0.6) is 0 Å². The van der Waals surface area contributed by atoms with Crippen LogP contribution in [-0.4, -0.2) is 9.96 Å². The zero-order valence-electron chi connectivity index (χ0n) is 6.71. The second-order valence-electron chi connectivity index (χ2n) is 2.35. The van der Waals surface area contributed by atoms with Gasteiger partial charge in [-0.05, 0) is 18.2 Å². The molecule has 2 N–H and O–H groups in total. The van der Waals surface area contributed by atoms with Crippen LogP contribution < -0.4 is 5.73 Å². The summed E-state index contributed by atoms with van der Waals surface area (Å²) in [6.07, 6.45) is 0. The fourth-order valence-corrected chi connectivity index (χ4v) is 1.73. The quantitative estimate of drug-likeness (QED) is 0.713. The number of hydrogen-bond donors (Lipinski definition) is 1. The van der Waals surface area contributed by atoms with Gasteiger partial charge < -0.3 is 5.73 Å². The molecule has 1 atom stereocenters. The summed E-state index contributed by atoms with van der Waals surface area (Å²) in [5.41, 5.74) is 5.69. The topological polar surface area (TPSA) is 43.1 Å². The lowest BCUT2D eigenvalue weighted by molar-refractivity contribution is 0.623. The van der Waals surface area contributed by atoms with Gasteiger partial charge in [-0.2, -0.15) is 0 Å². The molecule has 4 heteroatoms. The standard InChI is InChI=1S/C8H10FNOS/c1-2-12(11)8-4-6(9)3-7(10)5-8/h3-5H,2,10H2,1H3. The SMILES string of the molecule is CCS(=O)c1cc(N)cc(F)c1. The van der Waals surface area contributed by atoms with E-state index in [0.717, 1.165) is 0 Å². The van der Waals surface area contributed by atoms with E-state index in [2.05, 4.69) is 0 Å². The van der Waals surface area contributed by atoms with Gasteiger partial charge in [-0.25, -0.2) is 4.39 Å². The first-order valence-corrected chi connectivity index (χ1v) is 4.90. The molecule has 0 saturated carbocycles. The van der Waals surface area contributed by atoms with Crippen molar-refractivity contribution < 1.29 is 8.60 Å². The molecule has 2 nitrogen and oxygen atoms in total. The molecule has 66 valence electrons. The van der Waals surface area contributed by atoms with Crippen LogP contribution in [0.15, 0.2) is 23.1 Å². The number of nitrogens with two attached hydrogens (primary N) is 1. The summed E-state index contributed by atoms with van der Waals surface area (Å²) in [6, 6.07) is 3.98. The Labute approximate surface area is 73.0 Å². The van der Waals surface area contributed by atoms with Gasteiger partial charge in [0.25, 0.3) is 0 Å². The number of halogens is 1. The molecule has 0 radical (unpaired) electrons. The lowest BCUT2D eigenvalue weighted by Gasteiger charge is -2.00. The van der Waals surface area contributed by atoms with Gasteiger partial charge in [0, 0.05) is 16.3 Å². The van der Waals surface area contributed by atoms with Gasteiger partial charge in [-0.1, -0.05) is 6.92 Å². The Morgan fingerprint density at radius 2 is 2.17 bits per heavy atom. The third-order valence-electron chi connectivity index (χ3n) is 1.42. The number of anilines is 1.